The van der Waals surface area contributed by atoms with E-state index in [2.05, 4.69) is 10.3 Å². The van der Waals surface area contributed by atoms with Crippen LogP contribution in [0.15, 0.2) is 54.7 Å². The average Bonchev–Trinajstić information content (AvgIpc) is 2.88. The molecule has 0 saturated heterocycles. The fourth-order valence-electron chi connectivity index (χ4n) is 2.52. The van der Waals surface area contributed by atoms with Gasteiger partial charge in [-0.1, -0.05) is 36.4 Å². The summed E-state index contributed by atoms with van der Waals surface area (Å²) in [4.78, 5) is 28.4. The molecule has 2 aromatic heterocycles. The predicted molar refractivity (Wildman–Crippen MR) is 84.2 cm³/mol. The van der Waals surface area contributed by atoms with Crippen molar-refractivity contribution in [3.05, 3.63) is 71.7 Å². The molecule has 1 atom stereocenters. The maximum Gasteiger partial charge on any atom is 0.330 e. The number of aliphatic carboxylic acids is 1. The number of carbonyl (C=O) groups excluding carboxylic acids is 1. The lowest BCUT2D eigenvalue weighted by molar-refractivity contribution is -0.139. The Hall–Kier alpha value is -3.15. The number of aryl methyl sites for hydroxylation is 1. The van der Waals surface area contributed by atoms with Crippen molar-refractivity contribution in [2.75, 3.05) is 0 Å². The first-order valence-corrected chi connectivity index (χ1v) is 7.10. The Kier molecular flexibility index (Phi) is 3.80. The number of nitrogens with one attached hydrogen (secondary N) is 1. The van der Waals surface area contributed by atoms with Crippen molar-refractivity contribution in [1.82, 2.24) is 14.7 Å². The minimum atomic E-state index is -1.11. The van der Waals surface area contributed by atoms with Crippen molar-refractivity contribution >= 4 is 17.5 Å². The molecule has 0 spiro atoms. The highest BCUT2D eigenvalue weighted by Gasteiger charge is 2.25. The molecule has 1 amide bonds. The maximum absolute atomic E-state index is 12.6. The van der Waals surface area contributed by atoms with Gasteiger partial charge >= 0.3 is 5.97 Å². The van der Waals surface area contributed by atoms with E-state index in [4.69, 9.17) is 0 Å². The van der Waals surface area contributed by atoms with Gasteiger partial charge in [-0.2, -0.15) is 0 Å². The van der Waals surface area contributed by atoms with Crippen molar-refractivity contribution in [2.45, 2.75) is 13.0 Å². The molecule has 1 unspecified atom stereocenters. The second-order valence-electron chi connectivity index (χ2n) is 5.13. The van der Waals surface area contributed by atoms with Gasteiger partial charge in [-0.25, -0.2) is 9.78 Å². The summed E-state index contributed by atoms with van der Waals surface area (Å²) in [5.74, 6) is -1.59. The summed E-state index contributed by atoms with van der Waals surface area (Å²) < 4.78 is 1.65. The SMILES string of the molecule is Cc1nc2ccccn2c1C(=O)NC(C(=O)O)c1ccccc1. The number of hydrogen-bond donors (Lipinski definition) is 2. The summed E-state index contributed by atoms with van der Waals surface area (Å²) in [7, 11) is 0. The van der Waals surface area contributed by atoms with E-state index in [1.54, 1.807) is 60.0 Å². The van der Waals surface area contributed by atoms with Gasteiger partial charge in [0.2, 0.25) is 0 Å². The Bertz CT molecular complexity index is 871. The van der Waals surface area contributed by atoms with Crippen LogP contribution in [0.4, 0.5) is 0 Å². The highest BCUT2D eigenvalue weighted by molar-refractivity contribution is 5.97. The van der Waals surface area contributed by atoms with E-state index in [9.17, 15) is 14.7 Å². The van der Waals surface area contributed by atoms with Gasteiger partial charge in [-0.3, -0.25) is 9.20 Å². The largest absolute Gasteiger partial charge is 0.479 e. The second kappa shape index (κ2) is 5.92. The number of nitrogens with zero attached hydrogens (tertiary/aromatic N) is 2. The molecule has 6 nitrogen and oxygen atoms in total. The smallest absolute Gasteiger partial charge is 0.330 e. The van der Waals surface area contributed by atoms with Gasteiger partial charge in [0.1, 0.15) is 11.3 Å². The third-order valence-corrected chi connectivity index (χ3v) is 3.57. The zero-order valence-corrected chi connectivity index (χ0v) is 12.4. The van der Waals surface area contributed by atoms with Crippen LogP contribution in [0.5, 0.6) is 0 Å². The number of aromatic nitrogens is 2. The lowest BCUT2D eigenvalue weighted by Crippen LogP contribution is -2.34. The third-order valence-electron chi connectivity index (χ3n) is 3.57. The van der Waals surface area contributed by atoms with Crippen LogP contribution in [-0.4, -0.2) is 26.4 Å². The van der Waals surface area contributed by atoms with Gasteiger partial charge in [0.25, 0.3) is 5.91 Å². The van der Waals surface area contributed by atoms with Gasteiger partial charge in [0, 0.05) is 6.20 Å². The number of hydrogen-bond acceptors (Lipinski definition) is 3. The van der Waals surface area contributed by atoms with Crippen molar-refractivity contribution in [3.8, 4) is 0 Å². The molecule has 0 aliphatic heterocycles. The lowest BCUT2D eigenvalue weighted by Gasteiger charge is -2.15. The summed E-state index contributed by atoms with van der Waals surface area (Å²) in [5.41, 5.74) is 2.04. The number of fused-ring (bicyclic) bond motifs is 1. The van der Waals surface area contributed by atoms with Crippen LogP contribution in [0, 0.1) is 6.92 Å². The molecule has 1 aromatic carbocycles. The summed E-state index contributed by atoms with van der Waals surface area (Å²) in [6.45, 7) is 1.72. The second-order valence-corrected chi connectivity index (χ2v) is 5.13. The van der Waals surface area contributed by atoms with Gasteiger partial charge in [-0.05, 0) is 24.6 Å². The lowest BCUT2D eigenvalue weighted by atomic mass is 10.1. The number of carboxylic acid groups (broad SMARTS) is 1. The number of imidazole rings is 1. The Morgan fingerprint density at radius 1 is 1.13 bits per heavy atom. The molecule has 23 heavy (non-hydrogen) atoms. The molecule has 2 N–H and O–H groups in total. The van der Waals surface area contributed by atoms with E-state index >= 15 is 0 Å². The number of amides is 1. The zero-order valence-electron chi connectivity index (χ0n) is 12.4. The van der Waals surface area contributed by atoms with E-state index < -0.39 is 17.9 Å². The van der Waals surface area contributed by atoms with E-state index in [-0.39, 0.29) is 0 Å². The molecule has 3 rings (SSSR count). The predicted octanol–water partition coefficient (Wildman–Crippen LogP) is 2.20. The van der Waals surface area contributed by atoms with E-state index in [0.717, 1.165) is 0 Å². The molecule has 6 heteroatoms. The molecular weight excluding hydrogens is 294 g/mol. The van der Waals surface area contributed by atoms with Crippen molar-refractivity contribution in [1.29, 1.82) is 0 Å². The molecule has 3 aromatic rings. The zero-order chi connectivity index (χ0) is 16.4. The molecule has 0 fully saturated rings. The minimum absolute atomic E-state index is 0.336. The van der Waals surface area contributed by atoms with Crippen LogP contribution < -0.4 is 5.32 Å². The fourth-order valence-corrected chi connectivity index (χ4v) is 2.52. The molecule has 0 aliphatic carbocycles. The van der Waals surface area contributed by atoms with Gasteiger partial charge in [0.15, 0.2) is 6.04 Å². The van der Waals surface area contributed by atoms with Gasteiger partial charge in [-0.15, -0.1) is 0 Å². The highest BCUT2D eigenvalue weighted by Crippen LogP contribution is 2.16. The normalized spacial score (nSPS) is 12.0. The Labute approximate surface area is 132 Å². The number of carbonyl (C=O) groups is 2. The van der Waals surface area contributed by atoms with Crippen molar-refractivity contribution in [3.63, 3.8) is 0 Å². The molecular formula is C17H15N3O3. The molecule has 0 radical (unpaired) electrons. The quantitative estimate of drug-likeness (QED) is 0.774. The Balaban J connectivity index is 1.96. The van der Waals surface area contributed by atoms with Gasteiger partial charge < -0.3 is 10.4 Å². The molecule has 0 aliphatic rings. The first-order chi connectivity index (χ1) is 11.1. The number of rotatable bonds is 4. The maximum atomic E-state index is 12.6. The van der Waals surface area contributed by atoms with Crippen molar-refractivity contribution < 1.29 is 14.7 Å². The van der Waals surface area contributed by atoms with Crippen LogP contribution in [0.3, 0.4) is 0 Å². The summed E-state index contributed by atoms with van der Waals surface area (Å²) in [5, 5.41) is 12.0. The highest BCUT2D eigenvalue weighted by atomic mass is 16.4. The average molecular weight is 309 g/mol. The standard InChI is InChI=1S/C17H15N3O3/c1-11-15(20-10-6-5-9-13(20)18-11)16(21)19-14(17(22)23)12-7-3-2-4-8-12/h2-10,14H,1H3,(H,19,21)(H,22,23). The molecule has 2 heterocycles. The van der Waals surface area contributed by atoms with E-state index in [1.165, 1.54) is 0 Å². The molecule has 116 valence electrons. The molecule has 0 saturated carbocycles. The van der Waals surface area contributed by atoms with Crippen LogP contribution in [-0.2, 0) is 4.79 Å². The topological polar surface area (TPSA) is 83.7 Å². The number of carboxylic acids is 1. The first-order valence-electron chi connectivity index (χ1n) is 7.10. The summed E-state index contributed by atoms with van der Waals surface area (Å²) in [6, 6.07) is 12.9. The third kappa shape index (κ3) is 2.78. The Morgan fingerprint density at radius 2 is 1.83 bits per heavy atom. The first kappa shape index (κ1) is 14.8. The fraction of sp³-hybridized carbons (Fsp3) is 0.118. The van der Waals surface area contributed by atoms with Crippen molar-refractivity contribution in [2.24, 2.45) is 0 Å². The molecule has 0 bridgehead atoms. The van der Waals surface area contributed by atoms with Crippen LogP contribution >= 0.6 is 0 Å². The van der Waals surface area contributed by atoms with Gasteiger partial charge in [0.05, 0.1) is 5.69 Å². The summed E-state index contributed by atoms with van der Waals surface area (Å²) >= 11 is 0. The number of benzene rings is 1. The van der Waals surface area contributed by atoms with E-state index in [1.807, 2.05) is 6.07 Å². The Morgan fingerprint density at radius 3 is 2.52 bits per heavy atom. The van der Waals surface area contributed by atoms with Crippen LogP contribution in [0.2, 0.25) is 0 Å². The monoisotopic (exact) mass is 309 g/mol. The summed E-state index contributed by atoms with van der Waals surface area (Å²) in [6.07, 6.45) is 1.72. The van der Waals surface area contributed by atoms with Crippen LogP contribution in [0.1, 0.15) is 27.8 Å². The van der Waals surface area contributed by atoms with Crippen LogP contribution in [0.25, 0.3) is 5.65 Å². The minimum Gasteiger partial charge on any atom is -0.479 e. The van der Waals surface area contributed by atoms with E-state index in [0.29, 0.717) is 22.6 Å². The number of pyridine rings is 1.